The zero-order valence-corrected chi connectivity index (χ0v) is 19.2. The van der Waals surface area contributed by atoms with Crippen molar-refractivity contribution in [2.75, 3.05) is 0 Å². The molecule has 30 heavy (non-hydrogen) atoms. The molecule has 0 aliphatic heterocycles. The van der Waals surface area contributed by atoms with Crippen LogP contribution in [0.25, 0.3) is 6.08 Å². The van der Waals surface area contributed by atoms with E-state index in [1.165, 1.54) is 22.3 Å². The summed E-state index contributed by atoms with van der Waals surface area (Å²) in [5.41, 5.74) is 5.24. The average molecular weight is 409 g/mol. The zero-order chi connectivity index (χ0) is 21.6. The van der Waals surface area contributed by atoms with E-state index in [0.29, 0.717) is 0 Å². The fraction of sp³-hybridized carbons (Fsp3) is 0.333. The van der Waals surface area contributed by atoms with Crippen LogP contribution in [0.5, 0.6) is 0 Å². The van der Waals surface area contributed by atoms with Gasteiger partial charge < -0.3 is 0 Å². The SMILES string of the molecule is C.C.C/C=C/C.C/C=C/C=C/C.C/C=C/c1ccc(C)cc1.Cc1ccc(C)cc1. The third-order valence-corrected chi connectivity index (χ3v) is 3.48. The van der Waals surface area contributed by atoms with Gasteiger partial charge in [0.2, 0.25) is 0 Å². The number of hydrogen-bond acceptors (Lipinski definition) is 0. The fourth-order valence-corrected chi connectivity index (χ4v) is 1.73. The van der Waals surface area contributed by atoms with E-state index in [-0.39, 0.29) is 14.9 Å². The van der Waals surface area contributed by atoms with Crippen LogP contribution in [0.2, 0.25) is 0 Å². The molecule has 0 aliphatic rings. The molecule has 0 saturated heterocycles. The summed E-state index contributed by atoms with van der Waals surface area (Å²) in [6.45, 7) is 16.3. The van der Waals surface area contributed by atoms with Gasteiger partial charge in [-0.1, -0.05) is 129 Å². The lowest BCUT2D eigenvalue weighted by atomic mass is 10.1. The first-order chi connectivity index (χ1) is 13.4. The summed E-state index contributed by atoms with van der Waals surface area (Å²) in [6, 6.07) is 17.0. The Balaban J connectivity index is -0.000000154. The Kier molecular flexibility index (Phi) is 30.7. The molecule has 2 aromatic rings. The van der Waals surface area contributed by atoms with Gasteiger partial charge in [-0.3, -0.25) is 0 Å². The Bertz CT molecular complexity index is 643. The molecule has 0 radical (unpaired) electrons. The van der Waals surface area contributed by atoms with Crippen molar-refractivity contribution in [1.29, 1.82) is 0 Å². The number of allylic oxidation sites excluding steroid dienone is 7. The number of hydrogen-bond donors (Lipinski definition) is 0. The molecule has 0 aliphatic carbocycles. The molecule has 0 unspecified atom stereocenters. The molecule has 0 fully saturated rings. The van der Waals surface area contributed by atoms with Gasteiger partial charge in [0.25, 0.3) is 0 Å². The highest BCUT2D eigenvalue weighted by Gasteiger charge is 1.83. The predicted octanol–water partition coefficient (Wildman–Crippen LogP) is 10.3. The maximum atomic E-state index is 2.12. The molecule has 0 bridgehead atoms. The van der Waals surface area contributed by atoms with Crippen molar-refractivity contribution in [3.05, 3.63) is 113 Å². The molecule has 0 saturated carbocycles. The van der Waals surface area contributed by atoms with Gasteiger partial charge in [0.15, 0.2) is 0 Å². The van der Waals surface area contributed by atoms with Crippen LogP contribution in [0.3, 0.4) is 0 Å². The van der Waals surface area contributed by atoms with Gasteiger partial charge >= 0.3 is 0 Å². The van der Waals surface area contributed by atoms with Crippen molar-refractivity contribution < 1.29 is 0 Å². The summed E-state index contributed by atoms with van der Waals surface area (Å²) in [4.78, 5) is 0. The van der Waals surface area contributed by atoms with Crippen LogP contribution in [0.15, 0.2) is 91.1 Å². The molecule has 168 valence electrons. The monoisotopic (exact) mass is 408 g/mol. The summed E-state index contributed by atoms with van der Waals surface area (Å²) in [7, 11) is 0. The Morgan fingerprint density at radius 2 is 0.733 bits per heavy atom. The Morgan fingerprint density at radius 3 is 0.967 bits per heavy atom. The Morgan fingerprint density at radius 1 is 0.433 bits per heavy atom. The minimum absolute atomic E-state index is 0. The first-order valence-electron chi connectivity index (χ1n) is 9.98. The van der Waals surface area contributed by atoms with Crippen LogP contribution in [-0.2, 0) is 0 Å². The van der Waals surface area contributed by atoms with Gasteiger partial charge in [-0.05, 0) is 61.0 Å². The van der Waals surface area contributed by atoms with Crippen molar-refractivity contribution in [3.63, 3.8) is 0 Å². The van der Waals surface area contributed by atoms with E-state index in [1.807, 2.05) is 77.2 Å². The van der Waals surface area contributed by atoms with E-state index in [9.17, 15) is 0 Å². The third-order valence-electron chi connectivity index (χ3n) is 3.48. The van der Waals surface area contributed by atoms with Crippen LogP contribution in [0.4, 0.5) is 0 Å². The highest BCUT2D eigenvalue weighted by molar-refractivity contribution is 5.48. The molecule has 0 heterocycles. The summed E-state index contributed by atoms with van der Waals surface area (Å²) in [6.07, 6.45) is 16.1. The lowest BCUT2D eigenvalue weighted by Gasteiger charge is -1.92. The van der Waals surface area contributed by atoms with Crippen LogP contribution in [0, 0.1) is 20.8 Å². The second-order valence-corrected chi connectivity index (χ2v) is 6.28. The summed E-state index contributed by atoms with van der Waals surface area (Å²) >= 11 is 0. The largest absolute Gasteiger partial charge is 0.0919 e. The number of benzene rings is 2. The smallest absolute Gasteiger partial charge is 0.0260 e. The van der Waals surface area contributed by atoms with E-state index in [2.05, 4.69) is 75.4 Å². The van der Waals surface area contributed by atoms with Gasteiger partial charge in [0.1, 0.15) is 0 Å². The van der Waals surface area contributed by atoms with Gasteiger partial charge in [0.05, 0.1) is 0 Å². The number of rotatable bonds is 2. The van der Waals surface area contributed by atoms with E-state index in [4.69, 9.17) is 0 Å². The van der Waals surface area contributed by atoms with Crippen molar-refractivity contribution in [3.8, 4) is 0 Å². The second kappa shape index (κ2) is 26.4. The molecule has 0 spiro atoms. The molecule has 2 rings (SSSR count). The molecule has 0 atom stereocenters. The van der Waals surface area contributed by atoms with Crippen molar-refractivity contribution in [2.24, 2.45) is 0 Å². The molecular formula is C30H48. The zero-order valence-electron chi connectivity index (χ0n) is 19.2. The highest BCUT2D eigenvalue weighted by atomic mass is 13.9. The molecule has 0 nitrogen and oxygen atoms in total. The maximum Gasteiger partial charge on any atom is -0.0260 e. The average Bonchev–Trinajstić information content (AvgIpc) is 2.72. The standard InChI is InChI=1S/C10H12.C8H10.C6H10.C4H8.2CH4/c1-3-4-10-7-5-9(2)6-8-10;1-7-3-5-8(2)6-4-7;1-3-5-6-4-2;1-3-4-2;;/h3-8H,1-2H3;3-6H,1-2H3;3-6H,1-2H3;3-4H,1-2H3;2*1H4/b4-3+;;5-3+,6-4+;4-3+;;. The topological polar surface area (TPSA) is 0 Å². The van der Waals surface area contributed by atoms with Crippen LogP contribution >= 0.6 is 0 Å². The highest BCUT2D eigenvalue weighted by Crippen LogP contribution is 2.04. The second-order valence-electron chi connectivity index (χ2n) is 6.28. The molecule has 0 amide bonds. The molecular weight excluding hydrogens is 360 g/mol. The minimum atomic E-state index is 0. The first-order valence-corrected chi connectivity index (χ1v) is 9.98. The summed E-state index contributed by atoms with van der Waals surface area (Å²) in [5.74, 6) is 0. The van der Waals surface area contributed by atoms with Crippen LogP contribution < -0.4 is 0 Å². The van der Waals surface area contributed by atoms with Crippen molar-refractivity contribution in [1.82, 2.24) is 0 Å². The Labute approximate surface area is 189 Å². The lowest BCUT2D eigenvalue weighted by Crippen LogP contribution is -1.71. The third kappa shape index (κ3) is 25.4. The molecule has 0 heteroatoms. The van der Waals surface area contributed by atoms with Crippen molar-refractivity contribution >= 4 is 6.08 Å². The molecule has 0 aromatic heterocycles. The summed E-state index contributed by atoms with van der Waals surface area (Å²) in [5, 5.41) is 0. The van der Waals surface area contributed by atoms with E-state index in [0.717, 1.165) is 0 Å². The summed E-state index contributed by atoms with van der Waals surface area (Å²) < 4.78 is 0. The quantitative estimate of drug-likeness (QED) is 0.342. The minimum Gasteiger partial charge on any atom is -0.0919 e. The van der Waals surface area contributed by atoms with Crippen LogP contribution in [0.1, 0.15) is 71.7 Å². The van der Waals surface area contributed by atoms with E-state index < -0.39 is 0 Å². The normalized spacial score (nSPS) is 9.60. The fourth-order valence-electron chi connectivity index (χ4n) is 1.73. The van der Waals surface area contributed by atoms with Gasteiger partial charge in [-0.15, -0.1) is 0 Å². The van der Waals surface area contributed by atoms with Crippen molar-refractivity contribution in [2.45, 2.75) is 70.2 Å². The van der Waals surface area contributed by atoms with E-state index in [1.54, 1.807) is 0 Å². The molecule has 2 aromatic carbocycles. The van der Waals surface area contributed by atoms with Crippen LogP contribution in [-0.4, -0.2) is 0 Å². The Hall–Kier alpha value is -2.60. The molecule has 0 N–H and O–H groups in total. The first kappa shape index (κ1) is 34.9. The number of aryl methyl sites for hydroxylation is 3. The predicted molar refractivity (Wildman–Crippen MR) is 145 cm³/mol. The van der Waals surface area contributed by atoms with E-state index >= 15 is 0 Å². The van der Waals surface area contributed by atoms with Gasteiger partial charge in [0, 0.05) is 0 Å². The maximum absolute atomic E-state index is 2.12. The van der Waals surface area contributed by atoms with Gasteiger partial charge in [-0.2, -0.15) is 0 Å². The van der Waals surface area contributed by atoms with Gasteiger partial charge in [-0.25, -0.2) is 0 Å². The lowest BCUT2D eigenvalue weighted by molar-refractivity contribution is 1.40.